The summed E-state index contributed by atoms with van der Waals surface area (Å²) in [5.74, 6) is 0. The Labute approximate surface area is 58.8 Å². The van der Waals surface area contributed by atoms with Crippen LogP contribution < -0.4 is 10.6 Å². The van der Waals surface area contributed by atoms with Crippen LogP contribution in [0.3, 0.4) is 0 Å². The topological polar surface area (TPSA) is 71.6 Å². The molecule has 1 aliphatic rings. The van der Waals surface area contributed by atoms with Crippen LogP contribution in [0.15, 0.2) is 11.4 Å². The van der Waals surface area contributed by atoms with E-state index >= 15 is 0 Å². The highest BCUT2D eigenvalue weighted by atomic mass is 15.0. The first-order chi connectivity index (χ1) is 4.88. The van der Waals surface area contributed by atoms with Crippen LogP contribution in [-0.4, -0.2) is 13.1 Å². The fourth-order valence-corrected chi connectivity index (χ4v) is 0.743. The van der Waals surface area contributed by atoms with Gasteiger partial charge in [0.05, 0.1) is 0 Å². The first kappa shape index (κ1) is 6.44. The van der Waals surface area contributed by atoms with Gasteiger partial charge in [0.15, 0.2) is 0 Å². The molecule has 0 aliphatic carbocycles. The fraction of sp³-hybridized carbons (Fsp3) is 0.333. The average molecular weight is 134 g/mol. The number of hydrogen-bond donors (Lipinski definition) is 2. The molecule has 0 spiro atoms. The molecule has 0 aromatic rings. The fourth-order valence-electron chi connectivity index (χ4n) is 0.743. The molecule has 4 heteroatoms. The van der Waals surface area contributed by atoms with Crippen molar-refractivity contribution in [2.24, 2.45) is 0 Å². The molecular weight excluding hydrogens is 128 g/mol. The van der Waals surface area contributed by atoms with Gasteiger partial charge < -0.3 is 10.6 Å². The van der Waals surface area contributed by atoms with Gasteiger partial charge in [0, 0.05) is 13.1 Å². The number of allylic oxidation sites excluding steroid dienone is 2. The maximum atomic E-state index is 8.43. The number of nitriles is 2. The van der Waals surface area contributed by atoms with Crippen LogP contribution in [0.1, 0.15) is 0 Å². The van der Waals surface area contributed by atoms with Gasteiger partial charge >= 0.3 is 0 Å². The molecule has 0 unspecified atom stereocenters. The molecule has 1 aliphatic heterocycles. The van der Waals surface area contributed by atoms with Gasteiger partial charge in [-0.15, -0.1) is 0 Å². The molecule has 0 saturated carbocycles. The van der Waals surface area contributed by atoms with E-state index in [9.17, 15) is 0 Å². The predicted molar refractivity (Wildman–Crippen MR) is 34.3 cm³/mol. The normalized spacial score (nSPS) is 16.2. The minimum absolute atomic E-state index is 0.341. The zero-order valence-corrected chi connectivity index (χ0v) is 5.31. The van der Waals surface area contributed by atoms with Crippen molar-refractivity contribution in [3.63, 3.8) is 0 Å². The van der Waals surface area contributed by atoms with Crippen molar-refractivity contribution in [2.75, 3.05) is 13.1 Å². The summed E-state index contributed by atoms with van der Waals surface area (Å²) in [7, 11) is 0. The van der Waals surface area contributed by atoms with Crippen LogP contribution in [-0.2, 0) is 0 Å². The Balaban J connectivity index is 2.88. The van der Waals surface area contributed by atoms with Gasteiger partial charge in [-0.05, 0) is 0 Å². The molecule has 0 atom stereocenters. The lowest BCUT2D eigenvalue weighted by molar-refractivity contribution is 0.681. The summed E-state index contributed by atoms with van der Waals surface area (Å²) < 4.78 is 0. The summed E-state index contributed by atoms with van der Waals surface area (Å²) in [4.78, 5) is 0. The molecule has 0 aromatic heterocycles. The first-order valence-corrected chi connectivity index (χ1v) is 2.90. The van der Waals surface area contributed by atoms with Gasteiger partial charge in [0.25, 0.3) is 0 Å². The summed E-state index contributed by atoms with van der Waals surface area (Å²) in [5.41, 5.74) is 0.683. The van der Waals surface area contributed by atoms with Gasteiger partial charge in [-0.25, -0.2) is 0 Å². The standard InChI is InChI=1S/C6H6N4/c7-3-5-6(4-8)10-2-1-9-5/h9-10H,1-2H2. The number of rotatable bonds is 0. The maximum absolute atomic E-state index is 8.43. The van der Waals surface area contributed by atoms with Gasteiger partial charge in [0.1, 0.15) is 23.5 Å². The molecule has 0 aromatic carbocycles. The largest absolute Gasteiger partial charge is 0.372 e. The van der Waals surface area contributed by atoms with Gasteiger partial charge in [-0.2, -0.15) is 10.5 Å². The highest BCUT2D eigenvalue weighted by molar-refractivity contribution is 5.35. The van der Waals surface area contributed by atoms with Crippen molar-refractivity contribution in [1.82, 2.24) is 10.6 Å². The van der Waals surface area contributed by atoms with Crippen LogP contribution in [0.25, 0.3) is 0 Å². The van der Waals surface area contributed by atoms with Gasteiger partial charge in [-0.3, -0.25) is 0 Å². The lowest BCUT2D eigenvalue weighted by Gasteiger charge is -2.14. The summed E-state index contributed by atoms with van der Waals surface area (Å²) >= 11 is 0. The minimum Gasteiger partial charge on any atom is -0.372 e. The Bertz CT molecular complexity index is 213. The molecule has 1 rings (SSSR count). The van der Waals surface area contributed by atoms with Gasteiger partial charge in [-0.1, -0.05) is 0 Å². The highest BCUT2D eigenvalue weighted by Crippen LogP contribution is 1.97. The Morgan fingerprint density at radius 3 is 1.70 bits per heavy atom. The molecule has 10 heavy (non-hydrogen) atoms. The predicted octanol–water partition coefficient (Wildman–Crippen LogP) is -0.562. The summed E-state index contributed by atoms with van der Waals surface area (Å²) in [6.07, 6.45) is 0. The van der Waals surface area contributed by atoms with Crippen LogP contribution >= 0.6 is 0 Å². The van der Waals surface area contributed by atoms with E-state index in [0.29, 0.717) is 24.5 Å². The molecular formula is C6H6N4. The summed E-state index contributed by atoms with van der Waals surface area (Å²) in [5, 5.41) is 22.5. The molecule has 50 valence electrons. The van der Waals surface area contributed by atoms with E-state index in [0.717, 1.165) is 0 Å². The molecule has 0 bridgehead atoms. The van der Waals surface area contributed by atoms with Crippen molar-refractivity contribution < 1.29 is 0 Å². The molecule has 0 amide bonds. The monoisotopic (exact) mass is 134 g/mol. The van der Waals surface area contributed by atoms with Crippen molar-refractivity contribution in [3.8, 4) is 12.1 Å². The highest BCUT2D eigenvalue weighted by Gasteiger charge is 2.08. The van der Waals surface area contributed by atoms with Crippen molar-refractivity contribution >= 4 is 0 Å². The maximum Gasteiger partial charge on any atom is 0.148 e. The average Bonchev–Trinajstić information content (AvgIpc) is 2.04. The first-order valence-electron chi connectivity index (χ1n) is 2.90. The second-order valence-electron chi connectivity index (χ2n) is 1.83. The zero-order valence-electron chi connectivity index (χ0n) is 5.31. The second kappa shape index (κ2) is 2.75. The van der Waals surface area contributed by atoms with E-state index < -0.39 is 0 Å². The third-order valence-corrected chi connectivity index (χ3v) is 1.20. The van der Waals surface area contributed by atoms with Crippen molar-refractivity contribution in [2.45, 2.75) is 0 Å². The lowest BCUT2D eigenvalue weighted by atomic mass is 10.3. The number of hydrogen-bond acceptors (Lipinski definition) is 4. The Morgan fingerprint density at radius 1 is 1.00 bits per heavy atom. The SMILES string of the molecule is N#CC1=C(C#N)NCCN1. The third-order valence-electron chi connectivity index (χ3n) is 1.20. The Kier molecular flexibility index (Phi) is 1.77. The molecule has 4 nitrogen and oxygen atoms in total. The molecule has 0 radical (unpaired) electrons. The van der Waals surface area contributed by atoms with Crippen LogP contribution in [0, 0.1) is 22.7 Å². The molecule has 2 N–H and O–H groups in total. The summed E-state index contributed by atoms with van der Waals surface area (Å²) in [6.45, 7) is 1.40. The van der Waals surface area contributed by atoms with Gasteiger partial charge in [0.2, 0.25) is 0 Å². The van der Waals surface area contributed by atoms with E-state index in [1.54, 1.807) is 0 Å². The van der Waals surface area contributed by atoms with E-state index in [2.05, 4.69) is 10.6 Å². The minimum atomic E-state index is 0.341. The molecule has 0 saturated heterocycles. The van der Waals surface area contributed by atoms with Crippen LogP contribution in [0.2, 0.25) is 0 Å². The molecule has 1 heterocycles. The molecule has 0 fully saturated rings. The third kappa shape index (κ3) is 1.01. The second-order valence-corrected chi connectivity index (χ2v) is 1.83. The Morgan fingerprint density at radius 2 is 1.40 bits per heavy atom. The smallest absolute Gasteiger partial charge is 0.148 e. The van der Waals surface area contributed by atoms with E-state index in [1.807, 2.05) is 12.1 Å². The number of nitrogens with one attached hydrogen (secondary N) is 2. The van der Waals surface area contributed by atoms with E-state index in [1.165, 1.54) is 0 Å². The van der Waals surface area contributed by atoms with Crippen molar-refractivity contribution in [1.29, 1.82) is 10.5 Å². The quantitative estimate of drug-likeness (QED) is 0.465. The zero-order chi connectivity index (χ0) is 7.40. The lowest BCUT2D eigenvalue weighted by Crippen LogP contribution is -2.34. The van der Waals surface area contributed by atoms with E-state index in [-0.39, 0.29) is 0 Å². The van der Waals surface area contributed by atoms with E-state index in [4.69, 9.17) is 10.5 Å². The van der Waals surface area contributed by atoms with Crippen LogP contribution in [0.4, 0.5) is 0 Å². The van der Waals surface area contributed by atoms with Crippen LogP contribution in [0.5, 0.6) is 0 Å². The number of nitrogens with zero attached hydrogens (tertiary/aromatic N) is 2. The summed E-state index contributed by atoms with van der Waals surface area (Å²) in [6, 6.07) is 3.78. The van der Waals surface area contributed by atoms with Crippen molar-refractivity contribution in [3.05, 3.63) is 11.4 Å². The Hall–Kier alpha value is -1.68.